The summed E-state index contributed by atoms with van der Waals surface area (Å²) in [5.41, 5.74) is 2.76. The molecule has 3 fully saturated rings. The Kier molecular flexibility index (Phi) is 8.88. The van der Waals surface area contributed by atoms with E-state index >= 15 is 0 Å². The number of Topliss-reactive ketones (excluding diaryl/α,β-unsaturated/α-hetero) is 1. The van der Waals surface area contributed by atoms with E-state index in [1.807, 2.05) is 48.5 Å². The normalized spacial score (nSPS) is 20.7. The minimum atomic E-state index is -0.979. The first-order valence-electron chi connectivity index (χ1n) is 15.2. The molecule has 3 atom stereocenters. The van der Waals surface area contributed by atoms with Crippen molar-refractivity contribution in [1.29, 1.82) is 0 Å². The van der Waals surface area contributed by atoms with Gasteiger partial charge in [0.1, 0.15) is 11.9 Å². The van der Waals surface area contributed by atoms with E-state index in [2.05, 4.69) is 15.2 Å². The highest BCUT2D eigenvalue weighted by atomic mass is 16.5. The molecule has 9 nitrogen and oxygen atoms in total. The summed E-state index contributed by atoms with van der Waals surface area (Å²) < 4.78 is 6.01. The van der Waals surface area contributed by atoms with Gasteiger partial charge in [-0.05, 0) is 66.7 Å². The Balaban J connectivity index is 1.12. The number of fused-ring (bicyclic) bond motifs is 4. The maximum Gasteiger partial charge on any atom is 0.307 e. The zero-order valence-electron chi connectivity index (χ0n) is 24.4. The lowest BCUT2D eigenvalue weighted by atomic mass is 9.85. The number of nitrogens with zero attached hydrogens (tertiary/aromatic N) is 1. The number of hydrogen-bond donors (Lipinski definition) is 4. The van der Waals surface area contributed by atoms with Gasteiger partial charge in [0.15, 0.2) is 5.78 Å². The van der Waals surface area contributed by atoms with Gasteiger partial charge in [0.25, 0.3) is 0 Å². The molecule has 0 spiro atoms. The molecule has 1 aromatic heterocycles. The number of ether oxygens (including phenoxy) is 1. The molecule has 2 bridgehead atoms. The Bertz CT molecular complexity index is 1700. The Morgan fingerprint density at radius 1 is 0.977 bits per heavy atom. The molecule has 0 amide bonds. The molecule has 4 N–H and O–H groups in total. The van der Waals surface area contributed by atoms with Crippen molar-refractivity contribution in [3.63, 3.8) is 0 Å². The van der Waals surface area contributed by atoms with E-state index < -0.39 is 6.10 Å². The second-order valence-corrected chi connectivity index (χ2v) is 11.8. The Hall–Kier alpha value is -4.31. The number of aromatic hydroxyl groups is 1. The Morgan fingerprint density at radius 2 is 1.75 bits per heavy atom. The second kappa shape index (κ2) is 13.1. The van der Waals surface area contributed by atoms with E-state index in [0.29, 0.717) is 22.4 Å². The summed E-state index contributed by atoms with van der Waals surface area (Å²) in [5.74, 6) is -0.293. The molecule has 7 rings (SSSR count). The van der Waals surface area contributed by atoms with Crippen LogP contribution >= 0.6 is 0 Å². The van der Waals surface area contributed by atoms with Gasteiger partial charge in [0.2, 0.25) is 5.56 Å². The van der Waals surface area contributed by atoms with Crippen LogP contribution in [0.1, 0.15) is 58.3 Å². The van der Waals surface area contributed by atoms with Gasteiger partial charge in [0, 0.05) is 36.0 Å². The van der Waals surface area contributed by atoms with Crippen molar-refractivity contribution in [2.45, 2.75) is 37.4 Å². The first-order valence-corrected chi connectivity index (χ1v) is 15.2. The number of aliphatic hydroxyl groups excluding tert-OH is 1. The number of aromatic nitrogens is 1. The van der Waals surface area contributed by atoms with Crippen molar-refractivity contribution in [3.05, 3.63) is 111 Å². The molecule has 1 unspecified atom stereocenters. The van der Waals surface area contributed by atoms with Crippen LogP contribution in [0.5, 0.6) is 5.75 Å². The van der Waals surface area contributed by atoms with Crippen LogP contribution in [0.2, 0.25) is 0 Å². The molecule has 4 aromatic rings. The summed E-state index contributed by atoms with van der Waals surface area (Å²) in [5, 5.41) is 24.5. The molecular weight excluding hydrogens is 558 g/mol. The fraction of sp³-hybridized carbons (Fsp3) is 0.343. The number of phenols is 1. The summed E-state index contributed by atoms with van der Waals surface area (Å²) in [7, 11) is 0. The van der Waals surface area contributed by atoms with Crippen molar-refractivity contribution in [2.75, 3.05) is 32.7 Å². The number of phenolic OH excluding ortho intramolecular Hbond substituents is 1. The number of piperidine rings is 3. The average Bonchev–Trinajstić information content (AvgIpc) is 3.05. The molecule has 0 radical (unpaired) electrons. The number of hydrogen-bond acceptors (Lipinski definition) is 8. The maximum absolute atomic E-state index is 13.2. The van der Waals surface area contributed by atoms with E-state index in [1.54, 1.807) is 18.2 Å². The smallest absolute Gasteiger partial charge is 0.307 e. The van der Waals surface area contributed by atoms with Crippen molar-refractivity contribution >= 4 is 22.7 Å². The summed E-state index contributed by atoms with van der Waals surface area (Å²) in [4.78, 5) is 43.1. The summed E-state index contributed by atoms with van der Waals surface area (Å²) >= 11 is 0. The third-order valence-corrected chi connectivity index (χ3v) is 8.95. The van der Waals surface area contributed by atoms with Gasteiger partial charge >= 0.3 is 5.97 Å². The van der Waals surface area contributed by atoms with Crippen LogP contribution in [-0.4, -0.2) is 70.7 Å². The molecule has 9 heteroatoms. The van der Waals surface area contributed by atoms with Crippen molar-refractivity contribution in [3.8, 4) is 5.75 Å². The number of benzene rings is 3. The van der Waals surface area contributed by atoms with Crippen LogP contribution in [0.25, 0.3) is 10.9 Å². The first kappa shape index (κ1) is 29.7. The highest BCUT2D eigenvalue weighted by Crippen LogP contribution is 2.33. The lowest BCUT2D eigenvalue weighted by molar-refractivity contribution is -0.159. The topological polar surface area (TPSA) is 132 Å². The monoisotopic (exact) mass is 595 g/mol. The van der Waals surface area contributed by atoms with E-state index in [9.17, 15) is 24.6 Å². The van der Waals surface area contributed by atoms with Crippen LogP contribution in [0.4, 0.5) is 0 Å². The van der Waals surface area contributed by atoms with Gasteiger partial charge < -0.3 is 25.3 Å². The largest absolute Gasteiger partial charge is 0.506 e. The van der Waals surface area contributed by atoms with Crippen molar-refractivity contribution in [2.24, 2.45) is 5.92 Å². The Labute approximate surface area is 255 Å². The van der Waals surface area contributed by atoms with E-state index in [0.717, 1.165) is 43.6 Å². The number of ketones is 1. The van der Waals surface area contributed by atoms with Gasteiger partial charge in [-0.1, -0.05) is 54.6 Å². The predicted octanol–water partition coefficient (Wildman–Crippen LogP) is 3.90. The van der Waals surface area contributed by atoms with Crippen LogP contribution < -0.4 is 10.9 Å². The maximum atomic E-state index is 13.2. The van der Waals surface area contributed by atoms with Crippen LogP contribution in [0.15, 0.2) is 83.7 Å². The number of carbonyl (C=O) groups is 2. The van der Waals surface area contributed by atoms with Crippen molar-refractivity contribution in [1.82, 2.24) is 15.2 Å². The van der Waals surface area contributed by atoms with Crippen LogP contribution in [0, 0.1) is 5.92 Å². The van der Waals surface area contributed by atoms with Gasteiger partial charge in [-0.15, -0.1) is 0 Å². The van der Waals surface area contributed by atoms with E-state index in [1.165, 1.54) is 12.1 Å². The minimum absolute atomic E-state index is 0.00895. The molecule has 3 aromatic carbocycles. The van der Waals surface area contributed by atoms with Crippen LogP contribution in [0.3, 0.4) is 0 Å². The second-order valence-electron chi connectivity index (χ2n) is 11.8. The van der Waals surface area contributed by atoms with Gasteiger partial charge in [0.05, 0.1) is 24.6 Å². The third kappa shape index (κ3) is 6.60. The molecule has 0 saturated carbocycles. The molecule has 228 valence electrons. The standard InChI is InChI=1S/C35H37N3O6/c39-29-11-9-26(27-10-12-33(42)37-35(27)29)31(41)20-36-19-30(40)25-8-4-7-24(17-25)28(22-5-2-1-3-6-22)18-34(43)44-32-21-38-15-13-23(32)14-16-38/h1-12,17,23,28,31-32,36,39,41H,13-16,18-21H2,(H,37,42)/t28?,31-,32-/m0/s1. The zero-order valence-corrected chi connectivity index (χ0v) is 24.4. The molecular formula is C35H37N3O6. The molecule has 3 aliphatic heterocycles. The number of pyridine rings is 1. The van der Waals surface area contributed by atoms with E-state index in [4.69, 9.17) is 4.74 Å². The fourth-order valence-corrected chi connectivity index (χ4v) is 6.55. The van der Waals surface area contributed by atoms with Gasteiger partial charge in [-0.3, -0.25) is 19.3 Å². The number of esters is 1. The molecule has 3 saturated heterocycles. The summed E-state index contributed by atoms with van der Waals surface area (Å²) in [6.07, 6.45) is 1.29. The minimum Gasteiger partial charge on any atom is -0.506 e. The number of carbonyl (C=O) groups excluding carboxylic acids is 2. The fourth-order valence-electron chi connectivity index (χ4n) is 6.55. The quantitative estimate of drug-likeness (QED) is 0.152. The number of aromatic amines is 1. The number of rotatable bonds is 11. The summed E-state index contributed by atoms with van der Waals surface area (Å²) in [6, 6.07) is 23.1. The molecule has 44 heavy (non-hydrogen) atoms. The van der Waals surface area contributed by atoms with Crippen LogP contribution in [-0.2, 0) is 9.53 Å². The highest BCUT2D eigenvalue weighted by Gasteiger charge is 2.37. The lowest BCUT2D eigenvalue weighted by Gasteiger charge is -2.44. The van der Waals surface area contributed by atoms with Gasteiger partial charge in [-0.2, -0.15) is 0 Å². The number of nitrogens with one attached hydrogen (secondary N) is 2. The number of aliphatic hydroxyl groups is 1. The molecule has 3 aliphatic rings. The zero-order chi connectivity index (χ0) is 30.6. The van der Waals surface area contributed by atoms with Crippen molar-refractivity contribution < 1.29 is 24.5 Å². The Morgan fingerprint density at radius 3 is 2.50 bits per heavy atom. The lowest BCUT2D eigenvalue weighted by Crippen LogP contribution is -2.52. The third-order valence-electron chi connectivity index (χ3n) is 8.95. The van der Waals surface area contributed by atoms with E-state index in [-0.39, 0.29) is 60.1 Å². The molecule has 0 aliphatic carbocycles. The predicted molar refractivity (Wildman–Crippen MR) is 167 cm³/mol. The summed E-state index contributed by atoms with van der Waals surface area (Å²) in [6.45, 7) is 3.04. The highest BCUT2D eigenvalue weighted by molar-refractivity contribution is 5.97. The first-order chi connectivity index (χ1) is 21.4. The average molecular weight is 596 g/mol. The van der Waals surface area contributed by atoms with Gasteiger partial charge in [-0.25, -0.2) is 0 Å². The molecule has 4 heterocycles. The SMILES string of the molecule is O=C(CC(c1ccccc1)c1cccc(C(=O)CNC[C@H](O)c2ccc(O)c3[nH]c(=O)ccc23)c1)O[C@H]1CN2CCC1CC2. The number of H-pyrrole nitrogens is 1.